The second-order valence-electron chi connectivity index (χ2n) is 3.40. The highest BCUT2D eigenvalue weighted by atomic mass is 19.1. The fourth-order valence-corrected chi connectivity index (χ4v) is 1.31. The highest BCUT2D eigenvalue weighted by Gasteiger charge is 2.15. The Hall–Kier alpha value is -1.66. The monoisotopic (exact) mass is 205 g/mol. The molecule has 1 unspecified atom stereocenters. The Balaban J connectivity index is 2.97. The number of aryl methyl sites for hydroxylation is 1. The maximum atomic E-state index is 13.0. The molecule has 0 bridgehead atoms. The SMILES string of the molecule is C#CCC(N)C(=O)c1cc(C)cc(F)c1. The third kappa shape index (κ3) is 2.90. The number of hydrogen-bond acceptors (Lipinski definition) is 2. The molecule has 0 aromatic heterocycles. The van der Waals surface area contributed by atoms with Gasteiger partial charge in [-0.2, -0.15) is 0 Å². The third-order valence-corrected chi connectivity index (χ3v) is 2.00. The Morgan fingerprint density at radius 2 is 2.27 bits per heavy atom. The zero-order valence-electron chi connectivity index (χ0n) is 8.46. The van der Waals surface area contributed by atoms with Crippen molar-refractivity contribution in [1.29, 1.82) is 0 Å². The molecule has 0 fully saturated rings. The third-order valence-electron chi connectivity index (χ3n) is 2.00. The van der Waals surface area contributed by atoms with E-state index in [0.717, 1.165) is 0 Å². The summed E-state index contributed by atoms with van der Waals surface area (Å²) in [5, 5.41) is 0. The second-order valence-corrected chi connectivity index (χ2v) is 3.40. The molecule has 1 aromatic rings. The van der Waals surface area contributed by atoms with E-state index in [4.69, 9.17) is 12.2 Å². The van der Waals surface area contributed by atoms with E-state index >= 15 is 0 Å². The lowest BCUT2D eigenvalue weighted by atomic mass is 10.0. The van der Waals surface area contributed by atoms with Crippen LogP contribution in [0.1, 0.15) is 22.3 Å². The summed E-state index contributed by atoms with van der Waals surface area (Å²) in [5.74, 6) is 1.55. The molecule has 0 aliphatic carbocycles. The van der Waals surface area contributed by atoms with Gasteiger partial charge in [0.25, 0.3) is 0 Å². The second kappa shape index (κ2) is 4.72. The molecule has 0 aliphatic heterocycles. The number of benzene rings is 1. The van der Waals surface area contributed by atoms with Gasteiger partial charge in [0.2, 0.25) is 0 Å². The molecular weight excluding hydrogens is 193 g/mol. The maximum absolute atomic E-state index is 13.0. The summed E-state index contributed by atoms with van der Waals surface area (Å²) in [4.78, 5) is 11.7. The molecule has 0 saturated heterocycles. The lowest BCUT2D eigenvalue weighted by Crippen LogP contribution is -2.30. The van der Waals surface area contributed by atoms with Gasteiger partial charge < -0.3 is 5.73 Å². The van der Waals surface area contributed by atoms with Gasteiger partial charge in [-0.15, -0.1) is 12.3 Å². The van der Waals surface area contributed by atoms with Gasteiger partial charge in [0.05, 0.1) is 6.04 Å². The van der Waals surface area contributed by atoms with Gasteiger partial charge in [0, 0.05) is 12.0 Å². The summed E-state index contributed by atoms with van der Waals surface area (Å²) in [7, 11) is 0. The van der Waals surface area contributed by atoms with Crippen LogP contribution < -0.4 is 5.73 Å². The maximum Gasteiger partial charge on any atom is 0.180 e. The van der Waals surface area contributed by atoms with Gasteiger partial charge in [-0.05, 0) is 30.7 Å². The van der Waals surface area contributed by atoms with Crippen LogP contribution in [-0.4, -0.2) is 11.8 Å². The zero-order chi connectivity index (χ0) is 11.4. The van der Waals surface area contributed by atoms with Crippen LogP contribution in [0.5, 0.6) is 0 Å². The number of halogens is 1. The number of Topliss-reactive ketones (excluding diaryl/α,β-unsaturated/α-hetero) is 1. The lowest BCUT2D eigenvalue weighted by Gasteiger charge is -2.07. The summed E-state index contributed by atoms with van der Waals surface area (Å²) in [6.07, 6.45) is 5.21. The topological polar surface area (TPSA) is 43.1 Å². The molecule has 1 atom stereocenters. The van der Waals surface area contributed by atoms with E-state index in [1.54, 1.807) is 13.0 Å². The van der Waals surface area contributed by atoms with E-state index < -0.39 is 11.9 Å². The Morgan fingerprint density at radius 3 is 2.80 bits per heavy atom. The molecule has 0 saturated carbocycles. The molecule has 3 heteroatoms. The van der Waals surface area contributed by atoms with Crippen molar-refractivity contribution >= 4 is 5.78 Å². The quantitative estimate of drug-likeness (QED) is 0.602. The van der Waals surface area contributed by atoms with Crippen molar-refractivity contribution in [2.75, 3.05) is 0 Å². The minimum atomic E-state index is -0.754. The highest BCUT2D eigenvalue weighted by Crippen LogP contribution is 2.10. The van der Waals surface area contributed by atoms with Gasteiger partial charge in [0.1, 0.15) is 5.82 Å². The van der Waals surface area contributed by atoms with Crippen molar-refractivity contribution in [3.05, 3.63) is 35.1 Å². The van der Waals surface area contributed by atoms with Crippen molar-refractivity contribution in [2.45, 2.75) is 19.4 Å². The predicted molar refractivity (Wildman–Crippen MR) is 56.9 cm³/mol. The largest absolute Gasteiger partial charge is 0.320 e. The summed E-state index contributed by atoms with van der Waals surface area (Å²) < 4.78 is 13.0. The highest BCUT2D eigenvalue weighted by molar-refractivity contribution is 6.00. The first-order valence-electron chi connectivity index (χ1n) is 4.55. The number of hydrogen-bond donors (Lipinski definition) is 1. The van der Waals surface area contributed by atoms with Gasteiger partial charge in [-0.25, -0.2) is 4.39 Å². The summed E-state index contributed by atoms with van der Waals surface area (Å²) in [5.41, 5.74) is 6.51. The van der Waals surface area contributed by atoms with Gasteiger partial charge in [0.15, 0.2) is 5.78 Å². The molecule has 0 amide bonds. The van der Waals surface area contributed by atoms with E-state index in [-0.39, 0.29) is 17.8 Å². The molecule has 2 nitrogen and oxygen atoms in total. The number of carbonyl (C=O) groups excluding carboxylic acids is 1. The Bertz CT molecular complexity index is 400. The van der Waals surface area contributed by atoms with Crippen LogP contribution in [0.3, 0.4) is 0 Å². The van der Waals surface area contributed by atoms with Crippen molar-refractivity contribution in [3.63, 3.8) is 0 Å². The summed E-state index contributed by atoms with van der Waals surface area (Å²) >= 11 is 0. The fourth-order valence-electron chi connectivity index (χ4n) is 1.31. The van der Waals surface area contributed by atoms with Crippen LogP contribution in [0.2, 0.25) is 0 Å². The molecule has 0 aliphatic rings. The molecule has 1 aromatic carbocycles. The first-order chi connectivity index (χ1) is 7.04. The van der Waals surface area contributed by atoms with Crippen molar-refractivity contribution in [2.24, 2.45) is 5.73 Å². The van der Waals surface area contributed by atoms with Crippen LogP contribution >= 0.6 is 0 Å². The fraction of sp³-hybridized carbons (Fsp3) is 0.250. The van der Waals surface area contributed by atoms with E-state index in [1.165, 1.54) is 12.1 Å². The Labute approximate surface area is 88.3 Å². The van der Waals surface area contributed by atoms with Crippen LogP contribution in [0, 0.1) is 25.1 Å². The molecule has 0 radical (unpaired) electrons. The smallest absolute Gasteiger partial charge is 0.180 e. The Kier molecular flexibility index (Phi) is 3.59. The van der Waals surface area contributed by atoms with Crippen LogP contribution in [0.4, 0.5) is 4.39 Å². The number of nitrogens with two attached hydrogens (primary N) is 1. The van der Waals surface area contributed by atoms with Gasteiger partial charge >= 0.3 is 0 Å². The van der Waals surface area contributed by atoms with Crippen molar-refractivity contribution in [3.8, 4) is 12.3 Å². The van der Waals surface area contributed by atoms with E-state index in [9.17, 15) is 9.18 Å². The molecule has 0 heterocycles. The first kappa shape index (κ1) is 11.4. The average molecular weight is 205 g/mol. The number of rotatable bonds is 3. The average Bonchev–Trinajstić information content (AvgIpc) is 2.15. The molecule has 15 heavy (non-hydrogen) atoms. The zero-order valence-corrected chi connectivity index (χ0v) is 8.46. The first-order valence-corrected chi connectivity index (χ1v) is 4.55. The van der Waals surface area contributed by atoms with E-state index in [0.29, 0.717) is 5.56 Å². The molecule has 1 rings (SSSR count). The molecule has 0 spiro atoms. The molecule has 78 valence electrons. The van der Waals surface area contributed by atoms with Crippen LogP contribution in [-0.2, 0) is 0 Å². The number of carbonyl (C=O) groups is 1. The van der Waals surface area contributed by atoms with Crippen LogP contribution in [0.25, 0.3) is 0 Å². The summed E-state index contributed by atoms with van der Waals surface area (Å²) in [6.45, 7) is 1.71. The lowest BCUT2D eigenvalue weighted by molar-refractivity contribution is 0.0962. The minimum absolute atomic E-state index is 0.161. The van der Waals surface area contributed by atoms with Crippen molar-refractivity contribution in [1.82, 2.24) is 0 Å². The molecular formula is C12H12FNO. The van der Waals surface area contributed by atoms with Gasteiger partial charge in [-0.1, -0.05) is 0 Å². The van der Waals surface area contributed by atoms with E-state index in [2.05, 4.69) is 5.92 Å². The van der Waals surface area contributed by atoms with E-state index in [1.807, 2.05) is 0 Å². The molecule has 2 N–H and O–H groups in total. The van der Waals surface area contributed by atoms with Crippen LogP contribution in [0.15, 0.2) is 18.2 Å². The normalized spacial score (nSPS) is 11.9. The van der Waals surface area contributed by atoms with Crippen molar-refractivity contribution < 1.29 is 9.18 Å². The Morgan fingerprint density at radius 1 is 1.60 bits per heavy atom. The van der Waals surface area contributed by atoms with Gasteiger partial charge in [-0.3, -0.25) is 4.79 Å². The minimum Gasteiger partial charge on any atom is -0.320 e. The summed E-state index contributed by atoms with van der Waals surface area (Å²) in [6, 6.07) is 3.37. The predicted octanol–water partition coefficient (Wildman–Crippen LogP) is 1.67. The standard InChI is InChI=1S/C12H12FNO/c1-3-4-11(14)12(15)9-5-8(2)6-10(13)7-9/h1,5-7,11H,4,14H2,2H3. The number of ketones is 1. The number of terminal acetylenes is 1.